The fourth-order valence-corrected chi connectivity index (χ4v) is 4.79. The zero-order valence-corrected chi connectivity index (χ0v) is 18.1. The van der Waals surface area contributed by atoms with Crippen LogP contribution in [0.15, 0.2) is 54.6 Å². The van der Waals surface area contributed by atoms with Crippen molar-refractivity contribution in [2.24, 2.45) is 0 Å². The lowest BCUT2D eigenvalue weighted by Crippen LogP contribution is -2.06. The minimum atomic E-state index is -0.334. The van der Waals surface area contributed by atoms with E-state index in [1.807, 2.05) is 24.3 Å². The molecule has 0 saturated heterocycles. The van der Waals surface area contributed by atoms with E-state index >= 15 is 0 Å². The molecule has 156 valence electrons. The van der Waals surface area contributed by atoms with E-state index in [0.717, 1.165) is 48.9 Å². The van der Waals surface area contributed by atoms with Crippen LogP contribution in [0.4, 0.5) is 0 Å². The van der Waals surface area contributed by atoms with E-state index in [-0.39, 0.29) is 11.9 Å². The first-order chi connectivity index (χ1) is 14.6. The summed E-state index contributed by atoms with van der Waals surface area (Å²) in [7, 11) is 3.10. The van der Waals surface area contributed by atoms with Gasteiger partial charge >= 0.3 is 5.97 Å². The number of rotatable bonds is 5. The van der Waals surface area contributed by atoms with Crippen molar-refractivity contribution < 1.29 is 14.3 Å². The summed E-state index contributed by atoms with van der Waals surface area (Å²) in [4.78, 5) is 11.8. The number of hydrogen-bond donors (Lipinski definition) is 0. The van der Waals surface area contributed by atoms with Crippen LogP contribution >= 0.6 is 11.6 Å². The molecule has 0 N–H and O–H groups in total. The predicted octanol–water partition coefficient (Wildman–Crippen LogP) is 5.89. The summed E-state index contributed by atoms with van der Waals surface area (Å²) in [6.07, 6.45) is 7.65. The van der Waals surface area contributed by atoms with Crippen LogP contribution in [0.25, 0.3) is 10.9 Å². The molecule has 0 bridgehead atoms. The first-order valence-electron chi connectivity index (χ1n) is 10.3. The average molecular weight is 424 g/mol. The number of carbonyl (C=O) groups is 1. The summed E-state index contributed by atoms with van der Waals surface area (Å²) >= 11 is 6.75. The monoisotopic (exact) mass is 423 g/mol. The lowest BCUT2D eigenvalue weighted by Gasteiger charge is -2.13. The topological polar surface area (TPSA) is 40.5 Å². The summed E-state index contributed by atoms with van der Waals surface area (Å²) in [5, 5.41) is 1.77. The van der Waals surface area contributed by atoms with Crippen molar-refractivity contribution in [1.29, 1.82) is 0 Å². The number of carbonyl (C=O) groups excluding carboxylic acids is 1. The lowest BCUT2D eigenvalue weighted by molar-refractivity contribution is -0.134. The number of fused-ring (bicyclic) bond motifs is 3. The van der Waals surface area contributed by atoms with Gasteiger partial charge < -0.3 is 14.0 Å². The van der Waals surface area contributed by atoms with E-state index in [0.29, 0.717) is 5.02 Å². The van der Waals surface area contributed by atoms with Crippen LogP contribution in [-0.2, 0) is 22.5 Å². The summed E-state index contributed by atoms with van der Waals surface area (Å²) < 4.78 is 12.9. The maximum Gasteiger partial charge on any atom is 0.330 e. The van der Waals surface area contributed by atoms with Crippen molar-refractivity contribution in [2.75, 3.05) is 14.2 Å². The molecule has 4 nitrogen and oxygen atoms in total. The van der Waals surface area contributed by atoms with Crippen LogP contribution in [0.1, 0.15) is 42.0 Å². The number of halogens is 1. The smallest absolute Gasteiger partial charge is 0.330 e. The van der Waals surface area contributed by atoms with E-state index in [1.165, 1.54) is 30.0 Å². The number of allylic oxidation sites excluding steroid dienone is 1. The number of nitrogens with zero attached hydrogens (tertiary/aromatic N) is 1. The Hall–Kier alpha value is -2.72. The number of benzene rings is 2. The Balaban J connectivity index is 1.97. The Morgan fingerprint density at radius 2 is 1.97 bits per heavy atom. The summed E-state index contributed by atoms with van der Waals surface area (Å²) in [5.74, 6) is 0.586. The number of hydrogen-bond acceptors (Lipinski definition) is 3. The molecule has 1 aliphatic rings. The Morgan fingerprint density at radius 3 is 2.70 bits per heavy atom. The molecule has 1 unspecified atom stereocenters. The molecular formula is C25H26ClNO3. The van der Waals surface area contributed by atoms with Gasteiger partial charge in [0.15, 0.2) is 0 Å². The maximum absolute atomic E-state index is 11.8. The standard InChI is InChI=1S/C25H26ClNO3/c1-29-21-14-13-19(26)25-24(21)23-18(12-15-22(28)30-2)10-6-7-11-20(23)27(25)16-17-8-4-3-5-9-17/h3-5,8-9,12-15,18H,6-7,10-11,16H2,1-2H3/b15-12+. The quantitative estimate of drug-likeness (QED) is 0.292. The molecule has 0 spiro atoms. The molecule has 0 saturated carbocycles. The van der Waals surface area contributed by atoms with Gasteiger partial charge in [0.2, 0.25) is 0 Å². The molecule has 1 aliphatic carbocycles. The van der Waals surface area contributed by atoms with E-state index in [1.54, 1.807) is 7.11 Å². The van der Waals surface area contributed by atoms with E-state index < -0.39 is 0 Å². The van der Waals surface area contributed by atoms with E-state index in [4.69, 9.17) is 21.1 Å². The Bertz CT molecular complexity index is 1080. The molecular weight excluding hydrogens is 398 g/mol. The van der Waals surface area contributed by atoms with E-state index in [2.05, 4.69) is 28.8 Å². The summed E-state index contributed by atoms with van der Waals surface area (Å²) in [6, 6.07) is 14.3. The van der Waals surface area contributed by atoms with Gasteiger partial charge in [-0.25, -0.2) is 4.79 Å². The van der Waals surface area contributed by atoms with Crippen LogP contribution < -0.4 is 4.74 Å². The number of esters is 1. The molecule has 1 aromatic heterocycles. The molecule has 0 fully saturated rings. The summed E-state index contributed by atoms with van der Waals surface area (Å²) in [5.41, 5.74) is 4.72. The Kier molecular flexibility index (Phi) is 6.14. The van der Waals surface area contributed by atoms with Gasteiger partial charge in [-0.05, 0) is 42.5 Å². The SMILES string of the molecule is COC(=O)/C=C/C1CCCCc2c1c1c(OC)ccc(Cl)c1n2Cc1ccccc1. The highest BCUT2D eigenvalue weighted by Crippen LogP contribution is 2.45. The number of aromatic nitrogens is 1. The van der Waals surface area contributed by atoms with E-state index in [9.17, 15) is 4.79 Å². The first kappa shape index (κ1) is 20.5. The van der Waals surface area contributed by atoms with Crippen LogP contribution in [0.3, 0.4) is 0 Å². The minimum Gasteiger partial charge on any atom is -0.496 e. The zero-order chi connectivity index (χ0) is 21.1. The molecule has 4 rings (SSSR count). The third-order valence-corrected chi connectivity index (χ3v) is 6.19. The van der Waals surface area contributed by atoms with Gasteiger partial charge in [0.25, 0.3) is 0 Å². The van der Waals surface area contributed by atoms with Crippen molar-refractivity contribution in [1.82, 2.24) is 4.57 Å². The predicted molar refractivity (Wildman–Crippen MR) is 120 cm³/mol. The zero-order valence-electron chi connectivity index (χ0n) is 17.4. The second-order valence-electron chi connectivity index (χ2n) is 7.64. The van der Waals surface area contributed by atoms with Crippen molar-refractivity contribution >= 4 is 28.5 Å². The number of ether oxygens (including phenoxy) is 2. The third kappa shape index (κ3) is 3.84. The average Bonchev–Trinajstić information content (AvgIpc) is 2.94. The molecule has 3 aromatic rings. The highest BCUT2D eigenvalue weighted by Gasteiger charge is 2.28. The molecule has 0 aliphatic heterocycles. The van der Waals surface area contributed by atoms with Gasteiger partial charge in [0.05, 0.1) is 24.8 Å². The first-order valence-corrected chi connectivity index (χ1v) is 10.7. The molecule has 30 heavy (non-hydrogen) atoms. The van der Waals surface area contributed by atoms with Crippen molar-refractivity contribution in [2.45, 2.75) is 38.1 Å². The number of methoxy groups -OCH3 is 2. The third-order valence-electron chi connectivity index (χ3n) is 5.89. The normalized spacial score (nSPS) is 16.4. The van der Waals surface area contributed by atoms with Crippen LogP contribution in [0.2, 0.25) is 5.02 Å². The van der Waals surface area contributed by atoms with Crippen LogP contribution in [0.5, 0.6) is 5.75 Å². The Morgan fingerprint density at radius 1 is 1.17 bits per heavy atom. The van der Waals surface area contributed by atoms with Gasteiger partial charge in [-0.3, -0.25) is 0 Å². The van der Waals surface area contributed by atoms with Gasteiger partial charge in [-0.15, -0.1) is 0 Å². The van der Waals surface area contributed by atoms with Crippen molar-refractivity contribution in [3.05, 3.63) is 76.5 Å². The molecule has 1 atom stereocenters. The van der Waals surface area contributed by atoms with Crippen molar-refractivity contribution in [3.63, 3.8) is 0 Å². The molecule has 2 aromatic carbocycles. The van der Waals surface area contributed by atoms with Crippen LogP contribution in [0, 0.1) is 0 Å². The molecule has 5 heteroatoms. The second kappa shape index (κ2) is 8.97. The highest BCUT2D eigenvalue weighted by atomic mass is 35.5. The summed E-state index contributed by atoms with van der Waals surface area (Å²) in [6.45, 7) is 0.743. The maximum atomic E-state index is 11.8. The molecule has 0 radical (unpaired) electrons. The minimum absolute atomic E-state index is 0.105. The fourth-order valence-electron chi connectivity index (χ4n) is 4.53. The van der Waals surface area contributed by atoms with Gasteiger partial charge in [0.1, 0.15) is 5.75 Å². The van der Waals surface area contributed by atoms with Crippen molar-refractivity contribution in [3.8, 4) is 5.75 Å². The molecule has 1 heterocycles. The van der Waals surface area contributed by atoms with Crippen LogP contribution in [-0.4, -0.2) is 24.8 Å². The largest absolute Gasteiger partial charge is 0.496 e. The Labute approximate surface area is 182 Å². The second-order valence-corrected chi connectivity index (χ2v) is 8.05. The van der Waals surface area contributed by atoms with Gasteiger partial charge in [0, 0.05) is 29.6 Å². The lowest BCUT2D eigenvalue weighted by atomic mass is 9.92. The molecule has 0 amide bonds. The highest BCUT2D eigenvalue weighted by molar-refractivity contribution is 6.35. The van der Waals surface area contributed by atoms with Gasteiger partial charge in [-0.1, -0.05) is 54.4 Å². The van der Waals surface area contributed by atoms with Gasteiger partial charge in [-0.2, -0.15) is 0 Å². The fraction of sp³-hybridized carbons (Fsp3) is 0.320.